The number of carbonyl (C=O) groups is 1. The van der Waals surface area contributed by atoms with Crippen molar-refractivity contribution in [3.63, 3.8) is 0 Å². The van der Waals surface area contributed by atoms with Crippen LogP contribution in [0.15, 0.2) is 28.7 Å². The van der Waals surface area contributed by atoms with E-state index in [0.29, 0.717) is 5.75 Å². The number of hydrogen-bond donors (Lipinski definition) is 1. The fourth-order valence-corrected chi connectivity index (χ4v) is 4.79. The van der Waals surface area contributed by atoms with E-state index in [2.05, 4.69) is 15.9 Å². The quantitative estimate of drug-likeness (QED) is 0.867. The van der Waals surface area contributed by atoms with Crippen LogP contribution in [0, 0.1) is 5.41 Å². The van der Waals surface area contributed by atoms with Gasteiger partial charge in [0.1, 0.15) is 5.75 Å². The molecule has 1 atom stereocenters. The van der Waals surface area contributed by atoms with Crippen LogP contribution in [0.25, 0.3) is 0 Å². The van der Waals surface area contributed by atoms with Crippen LogP contribution < -0.4 is 4.74 Å². The summed E-state index contributed by atoms with van der Waals surface area (Å²) in [6.45, 7) is 0.179. The molecule has 1 aromatic rings. The van der Waals surface area contributed by atoms with Gasteiger partial charge in [-0.2, -0.15) is 0 Å². The zero-order valence-electron chi connectivity index (χ0n) is 10.7. The Morgan fingerprint density at radius 1 is 1.45 bits per heavy atom. The van der Waals surface area contributed by atoms with E-state index in [9.17, 15) is 18.3 Å². The third-order valence-corrected chi connectivity index (χ3v) is 5.80. The highest BCUT2D eigenvalue weighted by Crippen LogP contribution is 2.36. The predicted octanol–water partition coefficient (Wildman–Crippen LogP) is 2.11. The number of hydrogen-bond acceptors (Lipinski definition) is 4. The topological polar surface area (TPSA) is 80.7 Å². The Hall–Kier alpha value is -1.08. The van der Waals surface area contributed by atoms with Crippen LogP contribution in [0.1, 0.15) is 12.8 Å². The maximum Gasteiger partial charge on any atom is 0.310 e. The third kappa shape index (κ3) is 3.52. The molecule has 1 N–H and O–H groups in total. The van der Waals surface area contributed by atoms with Crippen LogP contribution in [-0.4, -0.2) is 37.6 Å². The van der Waals surface area contributed by atoms with E-state index >= 15 is 0 Å². The van der Waals surface area contributed by atoms with Gasteiger partial charge >= 0.3 is 5.97 Å². The number of aliphatic carboxylic acids is 1. The lowest BCUT2D eigenvalue weighted by molar-refractivity contribution is -0.148. The Bertz CT molecular complexity index is 613. The molecule has 110 valence electrons. The number of sulfone groups is 1. The Balaban J connectivity index is 1.99. The largest absolute Gasteiger partial charge is 0.494 e. The normalized spacial score (nSPS) is 24.4. The number of halogens is 1. The van der Waals surface area contributed by atoms with E-state index in [4.69, 9.17) is 4.74 Å². The van der Waals surface area contributed by atoms with Gasteiger partial charge in [0.2, 0.25) is 0 Å². The molecule has 1 fully saturated rings. The molecule has 20 heavy (non-hydrogen) atoms. The van der Waals surface area contributed by atoms with Crippen molar-refractivity contribution in [1.82, 2.24) is 0 Å². The summed E-state index contributed by atoms with van der Waals surface area (Å²) in [5, 5.41) is 9.31. The average molecular weight is 363 g/mol. The van der Waals surface area contributed by atoms with Crippen molar-refractivity contribution in [1.29, 1.82) is 0 Å². The number of ether oxygens (including phenoxy) is 1. The van der Waals surface area contributed by atoms with E-state index in [1.54, 1.807) is 12.1 Å². The fourth-order valence-electron chi connectivity index (χ4n) is 2.31. The van der Waals surface area contributed by atoms with Crippen LogP contribution in [0.4, 0.5) is 0 Å². The molecule has 1 aromatic carbocycles. The van der Waals surface area contributed by atoms with Gasteiger partial charge < -0.3 is 9.84 Å². The van der Waals surface area contributed by atoms with Crippen molar-refractivity contribution < 1.29 is 23.1 Å². The zero-order valence-corrected chi connectivity index (χ0v) is 13.1. The van der Waals surface area contributed by atoms with Crippen molar-refractivity contribution in [2.45, 2.75) is 12.8 Å². The van der Waals surface area contributed by atoms with E-state index in [-0.39, 0.29) is 31.0 Å². The molecule has 7 heteroatoms. The van der Waals surface area contributed by atoms with Crippen molar-refractivity contribution in [3.8, 4) is 5.75 Å². The second-order valence-electron chi connectivity index (χ2n) is 4.98. The first-order chi connectivity index (χ1) is 9.33. The second kappa shape index (κ2) is 5.73. The fraction of sp³-hybridized carbons (Fsp3) is 0.462. The third-order valence-electron chi connectivity index (χ3n) is 3.49. The van der Waals surface area contributed by atoms with Crippen LogP contribution in [-0.2, 0) is 14.6 Å². The first kappa shape index (κ1) is 15.3. The highest BCUT2D eigenvalue weighted by Gasteiger charge is 2.48. The number of rotatable bonds is 5. The van der Waals surface area contributed by atoms with Gasteiger partial charge in [-0.05, 0) is 31.0 Å². The molecule has 5 nitrogen and oxygen atoms in total. The first-order valence-corrected chi connectivity index (χ1v) is 8.77. The maximum absolute atomic E-state index is 11.5. The molecule has 1 heterocycles. The lowest BCUT2D eigenvalue weighted by atomic mass is 9.84. The van der Waals surface area contributed by atoms with Gasteiger partial charge in [0.15, 0.2) is 9.84 Å². The maximum atomic E-state index is 11.5. The SMILES string of the molecule is O=C(O)C1(CCOc2cccc(Br)c2)CCS(=O)(=O)C1. The van der Waals surface area contributed by atoms with Gasteiger partial charge in [0.25, 0.3) is 0 Å². The van der Waals surface area contributed by atoms with Crippen LogP contribution in [0.5, 0.6) is 5.75 Å². The molecule has 0 radical (unpaired) electrons. The van der Waals surface area contributed by atoms with Crippen molar-refractivity contribution in [2.24, 2.45) is 5.41 Å². The Kier molecular flexibility index (Phi) is 4.39. The average Bonchev–Trinajstić information content (AvgIpc) is 2.66. The minimum atomic E-state index is -3.24. The van der Waals surface area contributed by atoms with Gasteiger partial charge in [-0.3, -0.25) is 4.79 Å². The number of benzene rings is 1. The Morgan fingerprint density at radius 2 is 2.20 bits per heavy atom. The summed E-state index contributed by atoms with van der Waals surface area (Å²) in [5.41, 5.74) is -1.20. The molecular formula is C13H15BrO5S. The molecule has 1 aliphatic rings. The molecule has 0 aromatic heterocycles. The highest BCUT2D eigenvalue weighted by molar-refractivity contribution is 9.10. The molecule has 0 spiro atoms. The lowest BCUT2D eigenvalue weighted by Crippen LogP contribution is -2.34. The van der Waals surface area contributed by atoms with Gasteiger partial charge in [0, 0.05) is 4.47 Å². The van der Waals surface area contributed by atoms with Gasteiger partial charge in [-0.15, -0.1) is 0 Å². The summed E-state index contributed by atoms with van der Waals surface area (Å²) < 4.78 is 29.4. The molecule has 0 saturated carbocycles. The lowest BCUT2D eigenvalue weighted by Gasteiger charge is -2.22. The van der Waals surface area contributed by atoms with Crippen LogP contribution >= 0.6 is 15.9 Å². The van der Waals surface area contributed by atoms with E-state index < -0.39 is 21.2 Å². The smallest absolute Gasteiger partial charge is 0.310 e. The number of carboxylic acid groups (broad SMARTS) is 1. The highest BCUT2D eigenvalue weighted by atomic mass is 79.9. The summed E-state index contributed by atoms with van der Waals surface area (Å²) in [7, 11) is -3.24. The van der Waals surface area contributed by atoms with Gasteiger partial charge in [0.05, 0.1) is 23.5 Å². The minimum absolute atomic E-state index is 0.0593. The Morgan fingerprint density at radius 3 is 2.75 bits per heavy atom. The summed E-state index contributed by atoms with van der Waals surface area (Å²) in [5.74, 6) is -0.787. The summed E-state index contributed by atoms with van der Waals surface area (Å²) in [6.07, 6.45) is 0.348. The molecule has 0 amide bonds. The van der Waals surface area contributed by atoms with Gasteiger partial charge in [-0.1, -0.05) is 22.0 Å². The molecule has 0 bridgehead atoms. The molecule has 1 unspecified atom stereocenters. The van der Waals surface area contributed by atoms with Crippen LogP contribution in [0.3, 0.4) is 0 Å². The van der Waals surface area contributed by atoms with Crippen LogP contribution in [0.2, 0.25) is 0 Å². The monoisotopic (exact) mass is 362 g/mol. The molecule has 1 aliphatic heterocycles. The van der Waals surface area contributed by atoms with Crippen molar-refractivity contribution in [3.05, 3.63) is 28.7 Å². The number of carboxylic acids is 1. The second-order valence-corrected chi connectivity index (χ2v) is 8.08. The van der Waals surface area contributed by atoms with E-state index in [1.807, 2.05) is 12.1 Å². The Labute approximate surface area is 126 Å². The standard InChI is InChI=1S/C13H15BrO5S/c14-10-2-1-3-11(8-10)19-6-4-13(12(15)16)5-7-20(17,18)9-13/h1-3,8H,4-7,9H2,(H,15,16). The van der Waals surface area contributed by atoms with Crippen molar-refractivity contribution >= 4 is 31.7 Å². The summed E-state index contributed by atoms with van der Waals surface area (Å²) >= 11 is 3.32. The zero-order chi connectivity index (χ0) is 14.8. The van der Waals surface area contributed by atoms with E-state index in [1.165, 1.54) is 0 Å². The minimum Gasteiger partial charge on any atom is -0.494 e. The first-order valence-electron chi connectivity index (χ1n) is 6.15. The molecule has 0 aliphatic carbocycles. The predicted molar refractivity (Wildman–Crippen MR) is 77.6 cm³/mol. The van der Waals surface area contributed by atoms with Gasteiger partial charge in [-0.25, -0.2) is 8.42 Å². The molecular weight excluding hydrogens is 348 g/mol. The van der Waals surface area contributed by atoms with E-state index in [0.717, 1.165) is 4.47 Å². The summed E-state index contributed by atoms with van der Waals surface area (Å²) in [4.78, 5) is 11.4. The summed E-state index contributed by atoms with van der Waals surface area (Å²) in [6, 6.07) is 7.21. The molecule has 2 rings (SSSR count). The molecule has 1 saturated heterocycles. The van der Waals surface area contributed by atoms with Crippen molar-refractivity contribution in [2.75, 3.05) is 18.1 Å².